The van der Waals surface area contributed by atoms with Crippen molar-refractivity contribution in [3.63, 3.8) is 0 Å². The fraction of sp³-hybridized carbons (Fsp3) is 0.265. The third-order valence-corrected chi connectivity index (χ3v) is 7.75. The van der Waals surface area contributed by atoms with Gasteiger partial charge in [0.25, 0.3) is 0 Å². The zero-order chi connectivity index (χ0) is 27.1. The van der Waals surface area contributed by atoms with E-state index in [-0.39, 0.29) is 11.8 Å². The molecule has 3 aromatic heterocycles. The Kier molecular flexibility index (Phi) is 8.07. The van der Waals surface area contributed by atoms with Crippen molar-refractivity contribution in [1.82, 2.24) is 25.2 Å². The van der Waals surface area contributed by atoms with Crippen LogP contribution < -0.4 is 5.32 Å². The first-order valence-corrected chi connectivity index (χ1v) is 14.2. The van der Waals surface area contributed by atoms with E-state index in [9.17, 15) is 5.11 Å². The molecule has 0 saturated heterocycles. The molecule has 0 bridgehead atoms. The van der Waals surface area contributed by atoms with E-state index < -0.39 is 0 Å². The second-order valence-corrected chi connectivity index (χ2v) is 10.6. The van der Waals surface area contributed by atoms with Crippen molar-refractivity contribution < 1.29 is 5.11 Å². The van der Waals surface area contributed by atoms with Crippen LogP contribution in [0.4, 0.5) is 0 Å². The lowest BCUT2D eigenvalue weighted by molar-refractivity contribution is 0.163. The summed E-state index contributed by atoms with van der Waals surface area (Å²) in [6.45, 7) is 3.02. The predicted molar refractivity (Wildman–Crippen MR) is 158 cm³/mol. The number of aromatic nitrogens is 3. The first kappa shape index (κ1) is 26.1. The number of aromatic hydroxyl groups is 1. The topological polar surface area (TPSA) is 74.2 Å². The van der Waals surface area contributed by atoms with Gasteiger partial charge >= 0.3 is 0 Å². The van der Waals surface area contributed by atoms with Crippen molar-refractivity contribution in [2.45, 2.75) is 57.9 Å². The van der Waals surface area contributed by atoms with Crippen molar-refractivity contribution in [2.24, 2.45) is 0 Å². The fourth-order valence-corrected chi connectivity index (χ4v) is 5.69. The number of para-hydroxylation sites is 1. The molecule has 2 aromatic carbocycles. The number of nitrogens with zero attached hydrogens (tertiary/aromatic N) is 4. The molecule has 6 heteroatoms. The summed E-state index contributed by atoms with van der Waals surface area (Å²) in [5.74, 6) is 0.222. The van der Waals surface area contributed by atoms with Crippen LogP contribution >= 0.6 is 0 Å². The summed E-state index contributed by atoms with van der Waals surface area (Å²) in [6, 6.07) is 29.1. The van der Waals surface area contributed by atoms with Crippen LogP contribution in [-0.2, 0) is 32.6 Å². The molecule has 0 saturated carbocycles. The Morgan fingerprint density at radius 3 is 2.50 bits per heavy atom. The van der Waals surface area contributed by atoms with Gasteiger partial charge in [0.05, 0.1) is 23.1 Å². The second-order valence-electron chi connectivity index (χ2n) is 10.6. The van der Waals surface area contributed by atoms with Crippen molar-refractivity contribution >= 4 is 10.9 Å². The Morgan fingerprint density at radius 2 is 1.62 bits per heavy atom. The molecule has 40 heavy (non-hydrogen) atoms. The van der Waals surface area contributed by atoms with E-state index >= 15 is 0 Å². The number of phenolic OH excluding ortho intramolecular Hbond substituents is 1. The molecule has 0 spiro atoms. The number of nitrogens with one attached hydrogen (secondary N) is 1. The van der Waals surface area contributed by atoms with Gasteiger partial charge in [0.15, 0.2) is 0 Å². The summed E-state index contributed by atoms with van der Waals surface area (Å²) < 4.78 is 0. The Hall–Kier alpha value is -4.13. The molecule has 0 fully saturated rings. The van der Waals surface area contributed by atoms with E-state index in [0.717, 1.165) is 49.2 Å². The van der Waals surface area contributed by atoms with Crippen LogP contribution in [-0.4, -0.2) is 25.0 Å². The van der Waals surface area contributed by atoms with Crippen LogP contribution in [0.15, 0.2) is 97.3 Å². The van der Waals surface area contributed by atoms with Gasteiger partial charge in [0.2, 0.25) is 0 Å². The number of rotatable bonds is 9. The molecule has 0 aliphatic heterocycles. The highest BCUT2D eigenvalue weighted by molar-refractivity contribution is 5.84. The van der Waals surface area contributed by atoms with E-state index in [0.29, 0.717) is 12.1 Å². The van der Waals surface area contributed by atoms with Gasteiger partial charge in [0.1, 0.15) is 11.3 Å². The van der Waals surface area contributed by atoms with Crippen molar-refractivity contribution in [3.8, 4) is 5.75 Å². The summed E-state index contributed by atoms with van der Waals surface area (Å²) in [5, 5.41) is 14.9. The predicted octanol–water partition coefficient (Wildman–Crippen LogP) is 6.49. The molecule has 1 aliphatic carbocycles. The van der Waals surface area contributed by atoms with Gasteiger partial charge in [-0.1, -0.05) is 61.0 Å². The SMILES string of the molecule is Oc1cccc2ccc(CN(Cc3ccc(CNCc4ccccn4)cc3)C3CCCCc4cccnc43)nc12. The molecule has 5 aromatic rings. The maximum Gasteiger partial charge on any atom is 0.141 e. The number of hydrogen-bond acceptors (Lipinski definition) is 6. The lowest BCUT2D eigenvalue weighted by atomic mass is 10.0. The normalized spacial score (nSPS) is 15.2. The Labute approximate surface area is 235 Å². The van der Waals surface area contributed by atoms with Gasteiger partial charge in [-0.2, -0.15) is 0 Å². The summed E-state index contributed by atoms with van der Waals surface area (Å²) in [5.41, 5.74) is 7.71. The number of benzene rings is 2. The average Bonchev–Trinajstić information content (AvgIpc) is 3.21. The third-order valence-electron chi connectivity index (χ3n) is 7.75. The highest BCUT2D eigenvalue weighted by Gasteiger charge is 2.26. The van der Waals surface area contributed by atoms with Gasteiger partial charge in [-0.15, -0.1) is 0 Å². The maximum absolute atomic E-state index is 10.4. The standard InChI is InChI=1S/C34H35N5O/c40-32-12-5-8-28-17-18-30(38-34(28)32)24-39(31-11-2-1-7-27-9-6-20-37-33(27)31)23-26-15-13-25(14-16-26)21-35-22-29-10-3-4-19-36-29/h3-6,8-10,12-20,31,35,40H,1-2,7,11,21-24H2. The van der Waals surface area contributed by atoms with Crippen LogP contribution in [0.2, 0.25) is 0 Å². The fourth-order valence-electron chi connectivity index (χ4n) is 5.69. The van der Waals surface area contributed by atoms with Crippen LogP contribution in [0.3, 0.4) is 0 Å². The molecule has 6 rings (SSSR count). The average molecular weight is 530 g/mol. The smallest absolute Gasteiger partial charge is 0.141 e. The second kappa shape index (κ2) is 12.4. The quantitative estimate of drug-likeness (QED) is 0.213. The summed E-state index contributed by atoms with van der Waals surface area (Å²) >= 11 is 0. The molecule has 1 unspecified atom stereocenters. The van der Waals surface area contributed by atoms with Gasteiger partial charge in [-0.3, -0.25) is 14.9 Å². The van der Waals surface area contributed by atoms with E-state index in [4.69, 9.17) is 9.97 Å². The lowest BCUT2D eigenvalue weighted by Gasteiger charge is -2.31. The van der Waals surface area contributed by atoms with Gasteiger partial charge in [0, 0.05) is 44.0 Å². The third kappa shape index (κ3) is 6.19. The number of phenols is 1. The Morgan fingerprint density at radius 1 is 0.750 bits per heavy atom. The summed E-state index contributed by atoms with van der Waals surface area (Å²) in [4.78, 5) is 16.7. The zero-order valence-corrected chi connectivity index (χ0v) is 22.7. The highest BCUT2D eigenvalue weighted by atomic mass is 16.3. The minimum atomic E-state index is 0.209. The Bertz CT molecular complexity index is 1550. The molecule has 202 valence electrons. The van der Waals surface area contributed by atoms with E-state index in [1.807, 2.05) is 42.7 Å². The highest BCUT2D eigenvalue weighted by Crippen LogP contribution is 2.34. The monoisotopic (exact) mass is 529 g/mol. The van der Waals surface area contributed by atoms with Crippen molar-refractivity contribution in [1.29, 1.82) is 0 Å². The molecule has 6 nitrogen and oxygen atoms in total. The molecule has 0 radical (unpaired) electrons. The maximum atomic E-state index is 10.4. The van der Waals surface area contributed by atoms with E-state index in [1.165, 1.54) is 35.2 Å². The van der Waals surface area contributed by atoms with Gasteiger partial charge < -0.3 is 10.4 Å². The molecule has 3 heterocycles. The first-order valence-electron chi connectivity index (χ1n) is 14.2. The molecule has 1 atom stereocenters. The number of pyridine rings is 3. The van der Waals surface area contributed by atoms with E-state index in [2.05, 4.69) is 63.7 Å². The summed E-state index contributed by atoms with van der Waals surface area (Å²) in [6.07, 6.45) is 8.26. The van der Waals surface area contributed by atoms with Gasteiger partial charge in [-0.25, -0.2) is 4.98 Å². The Balaban J connectivity index is 1.23. The van der Waals surface area contributed by atoms with Crippen LogP contribution in [0, 0.1) is 0 Å². The van der Waals surface area contributed by atoms with Crippen LogP contribution in [0.25, 0.3) is 10.9 Å². The molecular weight excluding hydrogens is 494 g/mol. The number of aryl methyl sites for hydroxylation is 1. The number of fused-ring (bicyclic) bond motifs is 2. The molecular formula is C34H35N5O. The molecule has 1 aliphatic rings. The first-order chi connectivity index (χ1) is 19.7. The van der Waals surface area contributed by atoms with Crippen LogP contribution in [0.1, 0.15) is 59.1 Å². The molecule has 0 amide bonds. The number of hydrogen-bond donors (Lipinski definition) is 2. The largest absolute Gasteiger partial charge is 0.506 e. The minimum absolute atomic E-state index is 0.209. The van der Waals surface area contributed by atoms with Crippen LogP contribution in [0.5, 0.6) is 5.75 Å². The lowest BCUT2D eigenvalue weighted by Crippen LogP contribution is -2.29. The molecule has 2 N–H and O–H groups in total. The van der Waals surface area contributed by atoms with Crippen molar-refractivity contribution in [2.75, 3.05) is 0 Å². The zero-order valence-electron chi connectivity index (χ0n) is 22.7. The van der Waals surface area contributed by atoms with E-state index in [1.54, 1.807) is 6.07 Å². The minimum Gasteiger partial charge on any atom is -0.506 e. The van der Waals surface area contributed by atoms with Crippen molar-refractivity contribution in [3.05, 3.63) is 131 Å². The van der Waals surface area contributed by atoms with Gasteiger partial charge in [-0.05, 0) is 66.3 Å². The summed E-state index contributed by atoms with van der Waals surface area (Å²) in [7, 11) is 0.